The molecule has 2 aliphatic rings. The van der Waals surface area contributed by atoms with Crippen LogP contribution in [0.25, 0.3) is 11.2 Å². The fourth-order valence-electron chi connectivity index (χ4n) is 3.92. The Morgan fingerprint density at radius 2 is 1.91 bits per heavy atom. The largest absolute Gasteiger partial charge is 0.393 e. The van der Waals surface area contributed by atoms with Crippen molar-refractivity contribution in [3.63, 3.8) is 0 Å². The number of imidazole rings is 1. The molecule has 32 heavy (non-hydrogen) atoms. The van der Waals surface area contributed by atoms with Crippen LogP contribution in [0.5, 0.6) is 0 Å². The molecule has 2 aromatic heterocycles. The summed E-state index contributed by atoms with van der Waals surface area (Å²) in [5, 5.41) is 15.4. The Bertz CT molecular complexity index is 1240. The first-order chi connectivity index (χ1) is 16.7. The third-order valence-corrected chi connectivity index (χ3v) is 5.55. The molecule has 3 N–H and O–H groups in total. The number of aliphatic hydroxyl groups excluding tert-OH is 1. The van der Waals surface area contributed by atoms with Gasteiger partial charge in [0.1, 0.15) is 17.0 Å². The van der Waals surface area contributed by atoms with Gasteiger partial charge in [0.2, 0.25) is 11.9 Å². The Morgan fingerprint density at radius 3 is 2.59 bits per heavy atom. The second-order valence-corrected chi connectivity index (χ2v) is 7.80. The molecule has 3 atom stereocenters. The standard InChI is InChI=1S/C21H23F3N6O2/c22-11-7-15(23)18(16(24)8-11)28-21-27-17-9-25-20(26-12-1-3-14(31)4-2-12)29-19(17)30(21)13-5-6-32-10-13/h7-9,12-14,31H,1-6,10H2,(H,27,28)(H,25,26,29)/i5D,6D,13D. The molecule has 5 rings (SSSR count). The van der Waals surface area contributed by atoms with E-state index in [1.165, 1.54) is 6.20 Å². The van der Waals surface area contributed by atoms with Gasteiger partial charge < -0.3 is 20.5 Å². The maximum Gasteiger partial charge on any atom is 0.224 e. The maximum atomic E-state index is 14.4. The highest BCUT2D eigenvalue weighted by Gasteiger charge is 2.27. The van der Waals surface area contributed by atoms with Gasteiger partial charge in [0, 0.05) is 26.1 Å². The van der Waals surface area contributed by atoms with Crippen LogP contribution in [0.15, 0.2) is 18.3 Å². The summed E-state index contributed by atoms with van der Waals surface area (Å²) >= 11 is 0. The molecule has 2 fully saturated rings. The van der Waals surface area contributed by atoms with Gasteiger partial charge in [-0.05, 0) is 32.1 Å². The van der Waals surface area contributed by atoms with E-state index in [2.05, 4.69) is 25.6 Å². The molecule has 1 aromatic carbocycles. The Kier molecular flexibility index (Phi) is 4.71. The van der Waals surface area contributed by atoms with Crippen molar-refractivity contribution in [2.45, 2.75) is 50.2 Å². The van der Waals surface area contributed by atoms with Crippen LogP contribution in [0.2, 0.25) is 0 Å². The normalized spacial score (nSPS) is 31.8. The average Bonchev–Trinajstić information content (AvgIpc) is 3.30. The van der Waals surface area contributed by atoms with Crippen molar-refractivity contribution in [3.05, 3.63) is 35.8 Å². The summed E-state index contributed by atoms with van der Waals surface area (Å²) in [7, 11) is 0. The lowest BCUT2D eigenvalue weighted by Crippen LogP contribution is -2.29. The minimum atomic E-state index is -1.91. The van der Waals surface area contributed by atoms with Gasteiger partial charge in [-0.25, -0.2) is 23.1 Å². The summed E-state index contributed by atoms with van der Waals surface area (Å²) in [6.07, 6.45) is 2.34. The van der Waals surface area contributed by atoms with Gasteiger partial charge in [0.25, 0.3) is 0 Å². The SMILES string of the molecule is [2H]C1OCC([2H])(n2c(Nc3c(F)cc(F)cc3F)nc3cnc(NC4CCC(O)CC4)nc32)C1[2H]. The first-order valence-corrected chi connectivity index (χ1v) is 10.2. The molecule has 3 aromatic rings. The van der Waals surface area contributed by atoms with Gasteiger partial charge in [-0.2, -0.15) is 4.98 Å². The van der Waals surface area contributed by atoms with Gasteiger partial charge in [-0.15, -0.1) is 0 Å². The van der Waals surface area contributed by atoms with E-state index < -0.39 is 42.1 Å². The van der Waals surface area contributed by atoms with E-state index in [0.29, 0.717) is 37.8 Å². The fraction of sp³-hybridized carbons (Fsp3) is 0.476. The quantitative estimate of drug-likeness (QED) is 0.545. The second-order valence-electron chi connectivity index (χ2n) is 7.80. The molecular weight excluding hydrogens is 425 g/mol. The third-order valence-electron chi connectivity index (χ3n) is 5.55. The molecule has 3 heterocycles. The summed E-state index contributed by atoms with van der Waals surface area (Å²) in [6, 6.07) is -0.877. The smallest absolute Gasteiger partial charge is 0.224 e. The Morgan fingerprint density at radius 1 is 1.16 bits per heavy atom. The molecule has 1 aliphatic carbocycles. The molecule has 11 heteroatoms. The van der Waals surface area contributed by atoms with Crippen LogP contribution in [0.3, 0.4) is 0 Å². The molecule has 170 valence electrons. The number of anilines is 3. The lowest BCUT2D eigenvalue weighted by atomic mass is 9.93. The van der Waals surface area contributed by atoms with Crippen molar-refractivity contribution < 1.29 is 27.1 Å². The molecule has 3 unspecified atom stereocenters. The summed E-state index contributed by atoms with van der Waals surface area (Å²) in [4.78, 5) is 13.0. The summed E-state index contributed by atoms with van der Waals surface area (Å²) < 4.78 is 73.7. The number of fused-ring (bicyclic) bond motifs is 1. The maximum absolute atomic E-state index is 14.4. The monoisotopic (exact) mass is 451 g/mol. The van der Waals surface area contributed by atoms with Crippen LogP contribution in [-0.2, 0) is 4.74 Å². The van der Waals surface area contributed by atoms with Crippen molar-refractivity contribution in [3.8, 4) is 0 Å². The van der Waals surface area contributed by atoms with E-state index in [0.717, 1.165) is 4.57 Å². The number of hydrogen-bond acceptors (Lipinski definition) is 7. The van der Waals surface area contributed by atoms with Gasteiger partial charge in [-0.3, -0.25) is 4.57 Å². The molecule has 1 saturated carbocycles. The number of ether oxygens (including phenoxy) is 1. The van der Waals surface area contributed by atoms with E-state index in [4.69, 9.17) is 8.85 Å². The van der Waals surface area contributed by atoms with Crippen molar-refractivity contribution in [1.82, 2.24) is 19.5 Å². The lowest BCUT2D eigenvalue weighted by Gasteiger charge is -2.26. The zero-order chi connectivity index (χ0) is 24.9. The summed E-state index contributed by atoms with van der Waals surface area (Å²) in [5.41, 5.74) is -0.428. The summed E-state index contributed by atoms with van der Waals surface area (Å²) in [6.45, 7) is -1.69. The average molecular weight is 451 g/mol. The highest BCUT2D eigenvalue weighted by atomic mass is 19.1. The zero-order valence-corrected chi connectivity index (χ0v) is 16.9. The van der Waals surface area contributed by atoms with E-state index in [-0.39, 0.29) is 41.8 Å². The highest BCUT2D eigenvalue weighted by molar-refractivity contribution is 5.76. The van der Waals surface area contributed by atoms with E-state index in [1.54, 1.807) is 0 Å². The van der Waals surface area contributed by atoms with Crippen molar-refractivity contribution in [2.75, 3.05) is 23.8 Å². The number of nitrogens with zero attached hydrogens (tertiary/aromatic N) is 4. The van der Waals surface area contributed by atoms with Crippen LogP contribution < -0.4 is 10.6 Å². The molecule has 8 nitrogen and oxygen atoms in total. The van der Waals surface area contributed by atoms with Crippen molar-refractivity contribution >= 4 is 28.7 Å². The number of aromatic nitrogens is 4. The van der Waals surface area contributed by atoms with Gasteiger partial charge in [0.15, 0.2) is 17.3 Å². The predicted molar refractivity (Wildman–Crippen MR) is 111 cm³/mol. The van der Waals surface area contributed by atoms with Crippen LogP contribution in [-0.4, -0.2) is 50.0 Å². The number of rotatable bonds is 5. The van der Waals surface area contributed by atoms with Gasteiger partial charge in [-0.1, -0.05) is 0 Å². The second kappa shape index (κ2) is 8.55. The van der Waals surface area contributed by atoms with Crippen LogP contribution in [0, 0.1) is 17.5 Å². The number of aliphatic hydroxyl groups is 1. The van der Waals surface area contributed by atoms with Gasteiger partial charge >= 0.3 is 0 Å². The topological polar surface area (TPSA) is 97.1 Å². The number of halogens is 3. The molecule has 0 radical (unpaired) electrons. The molecule has 0 spiro atoms. The fourth-order valence-corrected chi connectivity index (χ4v) is 3.92. The van der Waals surface area contributed by atoms with Crippen LogP contribution >= 0.6 is 0 Å². The minimum Gasteiger partial charge on any atom is -0.393 e. The number of hydrogen-bond donors (Lipinski definition) is 3. The minimum absolute atomic E-state index is 0.0218. The molecule has 0 bridgehead atoms. The Balaban J connectivity index is 1.59. The summed E-state index contributed by atoms with van der Waals surface area (Å²) in [5.74, 6) is -3.54. The number of benzene rings is 1. The lowest BCUT2D eigenvalue weighted by molar-refractivity contribution is 0.126. The molecule has 0 amide bonds. The van der Waals surface area contributed by atoms with Gasteiger partial charge in [0.05, 0.1) is 27.7 Å². The van der Waals surface area contributed by atoms with Crippen molar-refractivity contribution in [1.29, 1.82) is 0 Å². The number of nitrogens with one attached hydrogen (secondary N) is 2. The first kappa shape index (κ1) is 17.6. The molecule has 1 saturated heterocycles. The van der Waals surface area contributed by atoms with Crippen LogP contribution in [0.1, 0.15) is 42.2 Å². The Hall–Kier alpha value is -2.92. The van der Waals surface area contributed by atoms with Crippen molar-refractivity contribution in [2.24, 2.45) is 0 Å². The van der Waals surface area contributed by atoms with E-state index >= 15 is 0 Å². The molecular formula is C21H23F3N6O2. The predicted octanol–water partition coefficient (Wildman–Crippen LogP) is 3.66. The highest BCUT2D eigenvalue weighted by Crippen LogP contribution is 2.32. The van der Waals surface area contributed by atoms with Crippen LogP contribution in [0.4, 0.5) is 30.8 Å². The molecule has 1 aliphatic heterocycles. The van der Waals surface area contributed by atoms with E-state index in [1.807, 2.05) is 0 Å². The third kappa shape index (κ3) is 4.09. The zero-order valence-electron chi connectivity index (χ0n) is 19.9. The Labute approximate surface area is 186 Å². The van der Waals surface area contributed by atoms with E-state index in [9.17, 15) is 18.3 Å². The first-order valence-electron chi connectivity index (χ1n) is 11.9.